The smallest absolute Gasteiger partial charge is 0.241 e. The fourth-order valence-electron chi connectivity index (χ4n) is 1.96. The van der Waals surface area contributed by atoms with Gasteiger partial charge in [-0.25, -0.2) is 0 Å². The van der Waals surface area contributed by atoms with Gasteiger partial charge in [-0.2, -0.15) is 0 Å². The van der Waals surface area contributed by atoms with Gasteiger partial charge in [-0.1, -0.05) is 13.8 Å². The molecule has 1 saturated heterocycles. The Bertz CT molecular complexity index is 264. The van der Waals surface area contributed by atoms with E-state index in [1.807, 2.05) is 25.7 Å². The van der Waals surface area contributed by atoms with Crippen LogP contribution in [0.1, 0.15) is 34.6 Å². The Morgan fingerprint density at radius 2 is 2.06 bits per heavy atom. The Hall–Kier alpha value is -0.610. The lowest BCUT2D eigenvalue weighted by Gasteiger charge is -2.31. The number of ether oxygens (including phenoxy) is 1. The van der Waals surface area contributed by atoms with Crippen molar-refractivity contribution in [1.29, 1.82) is 0 Å². The van der Waals surface area contributed by atoms with Gasteiger partial charge in [-0.15, -0.1) is 0 Å². The summed E-state index contributed by atoms with van der Waals surface area (Å²) >= 11 is 0. The first-order chi connectivity index (χ1) is 7.28. The van der Waals surface area contributed by atoms with E-state index < -0.39 is 0 Å². The fraction of sp³-hybridized carbons (Fsp3) is 0.917. The molecular weight excluding hydrogens is 204 g/mol. The number of hydrogen-bond donors (Lipinski definition) is 1. The van der Waals surface area contributed by atoms with Crippen LogP contribution in [0.2, 0.25) is 0 Å². The Morgan fingerprint density at radius 3 is 2.44 bits per heavy atom. The first kappa shape index (κ1) is 13.5. The average molecular weight is 228 g/mol. The summed E-state index contributed by atoms with van der Waals surface area (Å²) in [6.45, 7) is 10.8. The molecule has 94 valence electrons. The van der Waals surface area contributed by atoms with Crippen molar-refractivity contribution in [1.82, 2.24) is 10.2 Å². The second kappa shape index (κ2) is 4.72. The van der Waals surface area contributed by atoms with Gasteiger partial charge in [0.1, 0.15) is 0 Å². The summed E-state index contributed by atoms with van der Waals surface area (Å²) in [6.07, 6.45) is 0.0920. The molecule has 0 aromatic carbocycles. The van der Waals surface area contributed by atoms with E-state index >= 15 is 0 Å². The minimum absolute atomic E-state index is 0.0531. The molecule has 0 saturated carbocycles. The molecule has 2 atom stereocenters. The molecule has 1 rings (SSSR count). The van der Waals surface area contributed by atoms with Gasteiger partial charge in [0.05, 0.1) is 24.4 Å². The molecule has 4 heteroatoms. The summed E-state index contributed by atoms with van der Waals surface area (Å²) in [5.74, 6) is 0.512. The third kappa shape index (κ3) is 2.74. The summed E-state index contributed by atoms with van der Waals surface area (Å²) in [5, 5.41) is 3.32. The standard InChI is InChI=1S/C12H24N2O2/c1-8(2)10-11(15)14(9(3)13-10)7-12(4,5)16-6/h8-10,13H,7H2,1-6H3. The molecule has 16 heavy (non-hydrogen) atoms. The van der Waals surface area contributed by atoms with Crippen LogP contribution in [0.5, 0.6) is 0 Å². The molecule has 1 amide bonds. The van der Waals surface area contributed by atoms with Gasteiger partial charge in [0.2, 0.25) is 5.91 Å². The topological polar surface area (TPSA) is 41.6 Å². The van der Waals surface area contributed by atoms with E-state index in [0.717, 1.165) is 0 Å². The maximum absolute atomic E-state index is 12.2. The van der Waals surface area contributed by atoms with E-state index in [2.05, 4.69) is 19.2 Å². The van der Waals surface area contributed by atoms with Gasteiger partial charge in [0.15, 0.2) is 0 Å². The highest BCUT2D eigenvalue weighted by Gasteiger charge is 2.40. The van der Waals surface area contributed by atoms with Crippen LogP contribution >= 0.6 is 0 Å². The highest BCUT2D eigenvalue weighted by atomic mass is 16.5. The van der Waals surface area contributed by atoms with Crippen LogP contribution in [0.15, 0.2) is 0 Å². The van der Waals surface area contributed by atoms with Crippen LogP contribution in [0.3, 0.4) is 0 Å². The first-order valence-corrected chi connectivity index (χ1v) is 5.90. The monoisotopic (exact) mass is 228 g/mol. The van der Waals surface area contributed by atoms with Gasteiger partial charge in [0.25, 0.3) is 0 Å². The molecule has 1 fully saturated rings. The van der Waals surface area contributed by atoms with E-state index in [1.165, 1.54) is 0 Å². The van der Waals surface area contributed by atoms with Crippen molar-refractivity contribution in [2.45, 2.75) is 52.4 Å². The van der Waals surface area contributed by atoms with Crippen molar-refractivity contribution in [3.8, 4) is 0 Å². The Labute approximate surface area is 98.3 Å². The molecule has 0 radical (unpaired) electrons. The molecule has 1 aliphatic heterocycles. The largest absolute Gasteiger partial charge is 0.377 e. The highest BCUT2D eigenvalue weighted by molar-refractivity contribution is 5.84. The predicted octanol–water partition coefficient (Wildman–Crippen LogP) is 1.21. The lowest BCUT2D eigenvalue weighted by atomic mass is 10.0. The van der Waals surface area contributed by atoms with E-state index in [0.29, 0.717) is 12.5 Å². The Kier molecular flexibility index (Phi) is 3.97. The number of hydrogen-bond acceptors (Lipinski definition) is 3. The van der Waals surface area contributed by atoms with Gasteiger partial charge < -0.3 is 9.64 Å². The van der Waals surface area contributed by atoms with Gasteiger partial charge in [-0.3, -0.25) is 10.1 Å². The summed E-state index contributed by atoms with van der Waals surface area (Å²) in [5.41, 5.74) is -0.294. The first-order valence-electron chi connectivity index (χ1n) is 5.90. The van der Waals surface area contributed by atoms with Crippen LogP contribution in [0.4, 0.5) is 0 Å². The zero-order valence-corrected chi connectivity index (χ0v) is 11.2. The molecule has 0 aliphatic carbocycles. The fourth-order valence-corrected chi connectivity index (χ4v) is 1.96. The van der Waals surface area contributed by atoms with Gasteiger partial charge in [0, 0.05) is 7.11 Å². The number of nitrogens with zero attached hydrogens (tertiary/aromatic N) is 1. The minimum atomic E-state index is -0.294. The summed E-state index contributed by atoms with van der Waals surface area (Å²) in [7, 11) is 1.68. The number of nitrogens with one attached hydrogen (secondary N) is 1. The van der Waals surface area contributed by atoms with E-state index in [4.69, 9.17) is 4.74 Å². The molecule has 0 spiro atoms. The lowest BCUT2D eigenvalue weighted by molar-refractivity contribution is -0.134. The van der Waals surface area contributed by atoms with E-state index in [-0.39, 0.29) is 23.7 Å². The number of carbonyl (C=O) groups is 1. The van der Waals surface area contributed by atoms with Crippen LogP contribution < -0.4 is 5.32 Å². The lowest BCUT2D eigenvalue weighted by Crippen LogP contribution is -2.45. The van der Waals surface area contributed by atoms with E-state index in [1.54, 1.807) is 7.11 Å². The van der Waals surface area contributed by atoms with Crippen LogP contribution in [0, 0.1) is 5.92 Å². The highest BCUT2D eigenvalue weighted by Crippen LogP contribution is 2.20. The Balaban J connectivity index is 2.72. The molecule has 1 N–H and O–H groups in total. The van der Waals surface area contributed by atoms with E-state index in [9.17, 15) is 4.79 Å². The average Bonchev–Trinajstić information content (AvgIpc) is 2.45. The van der Waals surface area contributed by atoms with Gasteiger partial charge >= 0.3 is 0 Å². The second-order valence-electron chi connectivity index (χ2n) is 5.49. The molecule has 2 unspecified atom stereocenters. The maximum atomic E-state index is 12.2. The van der Waals surface area contributed by atoms with Crippen molar-refractivity contribution in [3.05, 3.63) is 0 Å². The molecule has 0 bridgehead atoms. The number of carbonyl (C=O) groups excluding carboxylic acids is 1. The maximum Gasteiger partial charge on any atom is 0.241 e. The SMILES string of the molecule is COC(C)(C)CN1C(=O)C(C(C)C)NC1C. The summed E-state index contributed by atoms with van der Waals surface area (Å²) < 4.78 is 5.37. The molecule has 0 aromatic rings. The van der Waals surface area contributed by atoms with Crippen LogP contribution in [0.25, 0.3) is 0 Å². The molecule has 1 heterocycles. The quantitative estimate of drug-likeness (QED) is 0.786. The third-order valence-electron chi connectivity index (χ3n) is 3.21. The second-order valence-corrected chi connectivity index (χ2v) is 5.49. The van der Waals surface area contributed by atoms with Crippen LogP contribution in [-0.4, -0.2) is 42.3 Å². The number of methoxy groups -OCH3 is 1. The zero-order chi connectivity index (χ0) is 12.5. The third-order valence-corrected chi connectivity index (χ3v) is 3.21. The molecular formula is C12H24N2O2. The number of amides is 1. The number of rotatable bonds is 4. The summed E-state index contributed by atoms with van der Waals surface area (Å²) in [6, 6.07) is -0.0531. The minimum Gasteiger partial charge on any atom is -0.377 e. The zero-order valence-electron chi connectivity index (χ0n) is 11.2. The molecule has 1 aliphatic rings. The molecule has 0 aromatic heterocycles. The van der Waals surface area contributed by atoms with Gasteiger partial charge in [-0.05, 0) is 26.7 Å². The van der Waals surface area contributed by atoms with Crippen LogP contribution in [-0.2, 0) is 9.53 Å². The summed E-state index contributed by atoms with van der Waals surface area (Å²) in [4.78, 5) is 14.0. The molecule has 4 nitrogen and oxygen atoms in total. The normalized spacial score (nSPS) is 26.9. The van der Waals surface area contributed by atoms with Crippen molar-refractivity contribution in [3.63, 3.8) is 0 Å². The predicted molar refractivity (Wildman–Crippen MR) is 64.0 cm³/mol. The Morgan fingerprint density at radius 1 is 1.50 bits per heavy atom. The van der Waals surface area contributed by atoms with Crippen molar-refractivity contribution >= 4 is 5.91 Å². The van der Waals surface area contributed by atoms with Crippen molar-refractivity contribution in [2.24, 2.45) is 5.92 Å². The van der Waals surface area contributed by atoms with Crippen molar-refractivity contribution in [2.75, 3.05) is 13.7 Å². The van der Waals surface area contributed by atoms with Crippen molar-refractivity contribution < 1.29 is 9.53 Å².